The molecule has 0 aliphatic heterocycles. The molecule has 5 heteroatoms. The highest BCUT2D eigenvalue weighted by molar-refractivity contribution is 5.83. The van der Waals surface area contributed by atoms with Crippen molar-refractivity contribution in [1.82, 2.24) is 5.32 Å². The third kappa shape index (κ3) is 2.40. The molecular weight excluding hydrogens is 157 g/mol. The van der Waals surface area contributed by atoms with Crippen molar-refractivity contribution in [1.29, 1.82) is 5.41 Å². The number of rotatable bonds is 3. The zero-order valence-electron chi connectivity index (χ0n) is 5.78. The standard InChI is InChI=1S/C6H9F3N2/c7-4(8)5(9)11-6(10)3-1-2-3/h3-5H,1-2H2,(H2,10,11). The molecule has 1 aliphatic carbocycles. The Morgan fingerprint density at radius 2 is 1.91 bits per heavy atom. The average molecular weight is 166 g/mol. The molecule has 0 radical (unpaired) electrons. The maximum atomic E-state index is 12.2. The summed E-state index contributed by atoms with van der Waals surface area (Å²) in [6, 6.07) is 0. The van der Waals surface area contributed by atoms with Gasteiger partial charge in [-0.1, -0.05) is 0 Å². The van der Waals surface area contributed by atoms with Crippen molar-refractivity contribution in [3.8, 4) is 0 Å². The SMILES string of the molecule is N=C(NC(F)C(F)F)C1CC1. The zero-order chi connectivity index (χ0) is 8.43. The quantitative estimate of drug-likeness (QED) is 0.372. The van der Waals surface area contributed by atoms with E-state index in [2.05, 4.69) is 0 Å². The normalized spacial score (nSPS) is 20.0. The molecule has 0 aromatic carbocycles. The van der Waals surface area contributed by atoms with E-state index in [1.807, 2.05) is 5.32 Å². The van der Waals surface area contributed by atoms with Gasteiger partial charge in [0.05, 0.1) is 5.84 Å². The lowest BCUT2D eigenvalue weighted by molar-refractivity contribution is 0.0414. The van der Waals surface area contributed by atoms with Crippen LogP contribution in [0.5, 0.6) is 0 Å². The molecule has 2 nitrogen and oxygen atoms in total. The maximum Gasteiger partial charge on any atom is 0.287 e. The fourth-order valence-corrected chi connectivity index (χ4v) is 0.701. The molecule has 0 spiro atoms. The highest BCUT2D eigenvalue weighted by atomic mass is 19.3. The lowest BCUT2D eigenvalue weighted by Gasteiger charge is -2.10. The molecule has 0 saturated heterocycles. The molecule has 0 bridgehead atoms. The fraction of sp³-hybridized carbons (Fsp3) is 0.833. The zero-order valence-corrected chi connectivity index (χ0v) is 5.78. The van der Waals surface area contributed by atoms with Crippen LogP contribution in [0.4, 0.5) is 13.2 Å². The molecular formula is C6H9F3N2. The van der Waals surface area contributed by atoms with Crippen LogP contribution >= 0.6 is 0 Å². The van der Waals surface area contributed by atoms with Crippen molar-refractivity contribution in [3.05, 3.63) is 0 Å². The third-order valence-electron chi connectivity index (χ3n) is 1.50. The van der Waals surface area contributed by atoms with Gasteiger partial charge in [-0.3, -0.25) is 5.41 Å². The predicted molar refractivity (Wildman–Crippen MR) is 34.5 cm³/mol. The number of alkyl halides is 3. The van der Waals surface area contributed by atoms with Gasteiger partial charge in [0.2, 0.25) is 6.30 Å². The van der Waals surface area contributed by atoms with E-state index in [0.29, 0.717) is 0 Å². The first kappa shape index (κ1) is 8.36. The Bertz CT molecular complexity index is 156. The van der Waals surface area contributed by atoms with E-state index in [0.717, 1.165) is 12.8 Å². The lowest BCUT2D eigenvalue weighted by Crippen LogP contribution is -2.36. The van der Waals surface area contributed by atoms with Crippen LogP contribution in [0, 0.1) is 11.3 Å². The van der Waals surface area contributed by atoms with Gasteiger partial charge in [0.1, 0.15) is 0 Å². The van der Waals surface area contributed by atoms with Crippen LogP contribution < -0.4 is 5.32 Å². The summed E-state index contributed by atoms with van der Waals surface area (Å²) >= 11 is 0. The Morgan fingerprint density at radius 3 is 2.27 bits per heavy atom. The predicted octanol–water partition coefficient (Wildman–Crippen LogP) is 1.52. The number of amidine groups is 1. The highest BCUT2D eigenvalue weighted by Gasteiger charge is 2.30. The summed E-state index contributed by atoms with van der Waals surface area (Å²) in [5.41, 5.74) is 0. The van der Waals surface area contributed by atoms with Gasteiger partial charge in [0.25, 0.3) is 6.43 Å². The molecule has 1 rings (SSSR count). The first-order valence-electron chi connectivity index (χ1n) is 3.38. The Morgan fingerprint density at radius 1 is 1.36 bits per heavy atom. The highest BCUT2D eigenvalue weighted by Crippen LogP contribution is 2.29. The second-order valence-corrected chi connectivity index (χ2v) is 2.57. The minimum atomic E-state index is -3.05. The van der Waals surface area contributed by atoms with Crippen LogP contribution in [-0.4, -0.2) is 18.6 Å². The first-order chi connectivity index (χ1) is 5.11. The summed E-state index contributed by atoms with van der Waals surface area (Å²) in [5, 5.41) is 8.85. The third-order valence-corrected chi connectivity index (χ3v) is 1.50. The van der Waals surface area contributed by atoms with Crippen LogP contribution in [0.15, 0.2) is 0 Å². The van der Waals surface area contributed by atoms with Crippen molar-refractivity contribution >= 4 is 5.84 Å². The Hall–Kier alpha value is -0.740. The van der Waals surface area contributed by atoms with E-state index in [-0.39, 0.29) is 11.8 Å². The topological polar surface area (TPSA) is 35.9 Å². The lowest BCUT2D eigenvalue weighted by atomic mass is 10.4. The van der Waals surface area contributed by atoms with Crippen molar-refractivity contribution in [2.24, 2.45) is 5.92 Å². The van der Waals surface area contributed by atoms with Crippen molar-refractivity contribution < 1.29 is 13.2 Å². The van der Waals surface area contributed by atoms with E-state index in [1.165, 1.54) is 0 Å². The number of halogens is 3. The van der Waals surface area contributed by atoms with Crippen molar-refractivity contribution in [2.75, 3.05) is 0 Å². The summed E-state index contributed by atoms with van der Waals surface area (Å²) in [6.45, 7) is 0. The van der Waals surface area contributed by atoms with Gasteiger partial charge in [-0.25, -0.2) is 13.2 Å². The van der Waals surface area contributed by atoms with Crippen molar-refractivity contribution in [3.63, 3.8) is 0 Å². The van der Waals surface area contributed by atoms with E-state index >= 15 is 0 Å². The summed E-state index contributed by atoms with van der Waals surface area (Å²) in [4.78, 5) is 0. The summed E-state index contributed by atoms with van der Waals surface area (Å²) < 4.78 is 35.2. The van der Waals surface area contributed by atoms with Gasteiger partial charge in [0.15, 0.2) is 0 Å². The average Bonchev–Trinajstić information content (AvgIpc) is 2.67. The molecule has 64 valence electrons. The summed E-state index contributed by atoms with van der Waals surface area (Å²) in [7, 11) is 0. The van der Waals surface area contributed by atoms with Crippen molar-refractivity contribution in [2.45, 2.75) is 25.6 Å². The van der Waals surface area contributed by atoms with E-state index in [9.17, 15) is 13.2 Å². The van der Waals surface area contributed by atoms with Crippen LogP contribution in [0.1, 0.15) is 12.8 Å². The minimum Gasteiger partial charge on any atom is -0.340 e. The Balaban J connectivity index is 2.23. The van der Waals surface area contributed by atoms with Crippen LogP contribution in [0.25, 0.3) is 0 Å². The summed E-state index contributed by atoms with van der Waals surface area (Å²) in [6.07, 6.45) is -3.82. The fourth-order valence-electron chi connectivity index (χ4n) is 0.701. The molecule has 1 unspecified atom stereocenters. The van der Waals surface area contributed by atoms with Gasteiger partial charge in [-0.05, 0) is 12.8 Å². The molecule has 1 fully saturated rings. The second kappa shape index (κ2) is 3.11. The number of hydrogen-bond donors (Lipinski definition) is 2. The largest absolute Gasteiger partial charge is 0.340 e. The molecule has 0 amide bonds. The molecule has 2 N–H and O–H groups in total. The van der Waals surface area contributed by atoms with Gasteiger partial charge < -0.3 is 5.32 Å². The maximum absolute atomic E-state index is 12.2. The smallest absolute Gasteiger partial charge is 0.287 e. The molecule has 0 aromatic rings. The molecule has 11 heavy (non-hydrogen) atoms. The second-order valence-electron chi connectivity index (χ2n) is 2.57. The van der Waals surface area contributed by atoms with Gasteiger partial charge in [-0.2, -0.15) is 0 Å². The molecule has 0 aromatic heterocycles. The Kier molecular flexibility index (Phi) is 2.36. The molecule has 1 aliphatic rings. The van der Waals surface area contributed by atoms with Crippen LogP contribution in [0.3, 0.4) is 0 Å². The first-order valence-corrected chi connectivity index (χ1v) is 3.38. The van der Waals surface area contributed by atoms with Gasteiger partial charge >= 0.3 is 0 Å². The monoisotopic (exact) mass is 166 g/mol. The van der Waals surface area contributed by atoms with E-state index in [4.69, 9.17) is 5.41 Å². The molecule has 1 atom stereocenters. The minimum absolute atomic E-state index is 0.00741. The number of nitrogens with one attached hydrogen (secondary N) is 2. The molecule has 0 heterocycles. The van der Waals surface area contributed by atoms with Crippen LogP contribution in [-0.2, 0) is 0 Å². The van der Waals surface area contributed by atoms with Gasteiger partial charge in [0, 0.05) is 5.92 Å². The molecule has 1 saturated carbocycles. The Labute approximate surface area is 62.3 Å². The van der Waals surface area contributed by atoms with E-state index in [1.54, 1.807) is 0 Å². The van der Waals surface area contributed by atoms with Crippen LogP contribution in [0.2, 0.25) is 0 Å². The van der Waals surface area contributed by atoms with Gasteiger partial charge in [-0.15, -0.1) is 0 Å². The van der Waals surface area contributed by atoms with E-state index < -0.39 is 12.7 Å². The summed E-state index contributed by atoms with van der Waals surface area (Å²) in [5.74, 6) is -0.107. The number of hydrogen-bond acceptors (Lipinski definition) is 1.